The predicted octanol–water partition coefficient (Wildman–Crippen LogP) is 0.701. The Hall–Kier alpha value is -1.16. The van der Waals surface area contributed by atoms with E-state index in [0.717, 1.165) is 12.2 Å². The summed E-state index contributed by atoms with van der Waals surface area (Å²) < 4.78 is 0. The van der Waals surface area contributed by atoms with Crippen LogP contribution in [0, 0.1) is 0 Å². The smallest absolute Gasteiger partial charge is 0.141 e. The lowest BCUT2D eigenvalue weighted by atomic mass is 9.93. The Morgan fingerprint density at radius 2 is 2.23 bits per heavy atom. The molecule has 4 nitrogen and oxygen atoms in total. The van der Waals surface area contributed by atoms with Gasteiger partial charge in [-0.3, -0.25) is 4.98 Å². The molecule has 13 heavy (non-hydrogen) atoms. The van der Waals surface area contributed by atoms with Gasteiger partial charge in [-0.05, 0) is 12.8 Å². The van der Waals surface area contributed by atoms with Gasteiger partial charge in [0.1, 0.15) is 5.82 Å². The third-order valence-corrected chi connectivity index (χ3v) is 2.40. The quantitative estimate of drug-likeness (QED) is 0.715. The highest BCUT2D eigenvalue weighted by Gasteiger charge is 2.16. The van der Waals surface area contributed by atoms with E-state index >= 15 is 0 Å². The number of hydrogen-bond acceptors (Lipinski definition) is 4. The highest BCUT2D eigenvalue weighted by Crippen LogP contribution is 2.18. The number of nitrogens with zero attached hydrogens (tertiary/aromatic N) is 2. The molecule has 0 atom stereocenters. The van der Waals surface area contributed by atoms with Gasteiger partial charge in [0.05, 0.1) is 18.1 Å². The van der Waals surface area contributed by atoms with Gasteiger partial charge >= 0.3 is 0 Å². The Kier molecular flexibility index (Phi) is 2.40. The largest absolute Gasteiger partial charge is 0.382 e. The SMILES string of the molecule is Nc1cnc(CNC2CCC2)cn1. The molecular formula is C9H14N4. The van der Waals surface area contributed by atoms with E-state index in [1.807, 2.05) is 0 Å². The van der Waals surface area contributed by atoms with Crippen LogP contribution in [0.15, 0.2) is 12.4 Å². The first-order chi connectivity index (χ1) is 6.34. The number of rotatable bonds is 3. The number of anilines is 1. The van der Waals surface area contributed by atoms with Crippen molar-refractivity contribution in [2.24, 2.45) is 0 Å². The lowest BCUT2D eigenvalue weighted by Crippen LogP contribution is -2.34. The molecule has 0 spiro atoms. The third-order valence-electron chi connectivity index (χ3n) is 2.40. The summed E-state index contributed by atoms with van der Waals surface area (Å²) >= 11 is 0. The second kappa shape index (κ2) is 3.70. The van der Waals surface area contributed by atoms with Gasteiger partial charge in [-0.15, -0.1) is 0 Å². The van der Waals surface area contributed by atoms with Crippen LogP contribution in [0.1, 0.15) is 25.0 Å². The Balaban J connectivity index is 1.83. The molecule has 0 radical (unpaired) electrons. The fourth-order valence-electron chi connectivity index (χ4n) is 1.32. The van der Waals surface area contributed by atoms with E-state index < -0.39 is 0 Å². The summed E-state index contributed by atoms with van der Waals surface area (Å²) in [6, 6.07) is 0.694. The van der Waals surface area contributed by atoms with Crippen LogP contribution < -0.4 is 11.1 Å². The number of nitrogen functional groups attached to an aromatic ring is 1. The van der Waals surface area contributed by atoms with Gasteiger partial charge < -0.3 is 11.1 Å². The van der Waals surface area contributed by atoms with Crippen molar-refractivity contribution in [1.82, 2.24) is 15.3 Å². The molecule has 0 aromatic carbocycles. The lowest BCUT2D eigenvalue weighted by Gasteiger charge is -2.26. The highest BCUT2D eigenvalue weighted by molar-refractivity contribution is 5.22. The zero-order valence-electron chi connectivity index (χ0n) is 7.53. The van der Waals surface area contributed by atoms with Crippen molar-refractivity contribution in [1.29, 1.82) is 0 Å². The second-order valence-electron chi connectivity index (χ2n) is 3.44. The van der Waals surface area contributed by atoms with Crippen LogP contribution in [0.4, 0.5) is 5.82 Å². The van der Waals surface area contributed by atoms with Gasteiger partial charge in [0, 0.05) is 12.6 Å². The third kappa shape index (κ3) is 2.15. The summed E-state index contributed by atoms with van der Waals surface area (Å²) in [7, 11) is 0. The molecule has 0 bridgehead atoms. The molecule has 1 aliphatic rings. The molecule has 1 saturated carbocycles. The van der Waals surface area contributed by atoms with Gasteiger partial charge in [-0.25, -0.2) is 4.98 Å². The molecule has 4 heteroatoms. The van der Waals surface area contributed by atoms with Gasteiger partial charge in [0.25, 0.3) is 0 Å². The van der Waals surface area contributed by atoms with Gasteiger partial charge in [-0.2, -0.15) is 0 Å². The van der Waals surface area contributed by atoms with E-state index in [1.165, 1.54) is 19.3 Å². The van der Waals surface area contributed by atoms with Crippen molar-refractivity contribution >= 4 is 5.82 Å². The molecule has 1 aromatic heterocycles. The molecule has 0 aliphatic heterocycles. The van der Waals surface area contributed by atoms with Gasteiger partial charge in [0.15, 0.2) is 0 Å². The van der Waals surface area contributed by atoms with E-state index in [9.17, 15) is 0 Å². The van der Waals surface area contributed by atoms with Crippen molar-refractivity contribution in [2.75, 3.05) is 5.73 Å². The van der Waals surface area contributed by atoms with E-state index in [2.05, 4.69) is 15.3 Å². The topological polar surface area (TPSA) is 63.8 Å². The van der Waals surface area contributed by atoms with Crippen molar-refractivity contribution in [2.45, 2.75) is 31.8 Å². The van der Waals surface area contributed by atoms with Crippen LogP contribution in [0.25, 0.3) is 0 Å². The summed E-state index contributed by atoms with van der Waals surface area (Å²) in [6.07, 6.45) is 7.26. The molecule has 2 rings (SSSR count). The Morgan fingerprint density at radius 1 is 1.38 bits per heavy atom. The molecule has 1 aliphatic carbocycles. The van der Waals surface area contributed by atoms with E-state index in [-0.39, 0.29) is 0 Å². The van der Waals surface area contributed by atoms with Crippen LogP contribution in [-0.4, -0.2) is 16.0 Å². The molecule has 0 amide bonds. The summed E-state index contributed by atoms with van der Waals surface area (Å²) in [5, 5.41) is 3.41. The van der Waals surface area contributed by atoms with Crippen LogP contribution in [0.3, 0.4) is 0 Å². The number of nitrogens with two attached hydrogens (primary N) is 1. The van der Waals surface area contributed by atoms with Gasteiger partial charge in [-0.1, -0.05) is 6.42 Å². The molecule has 70 valence electrons. The zero-order valence-corrected chi connectivity index (χ0v) is 7.53. The predicted molar refractivity (Wildman–Crippen MR) is 50.9 cm³/mol. The minimum atomic E-state index is 0.479. The summed E-state index contributed by atoms with van der Waals surface area (Å²) in [5.74, 6) is 0.479. The summed E-state index contributed by atoms with van der Waals surface area (Å²) in [4.78, 5) is 8.13. The summed E-state index contributed by atoms with van der Waals surface area (Å²) in [5.41, 5.74) is 6.39. The summed E-state index contributed by atoms with van der Waals surface area (Å²) in [6.45, 7) is 0.804. The second-order valence-corrected chi connectivity index (χ2v) is 3.44. The average Bonchev–Trinajstić information content (AvgIpc) is 2.05. The van der Waals surface area contributed by atoms with Crippen molar-refractivity contribution < 1.29 is 0 Å². The lowest BCUT2D eigenvalue weighted by molar-refractivity contribution is 0.337. The minimum Gasteiger partial charge on any atom is -0.382 e. The monoisotopic (exact) mass is 178 g/mol. The van der Waals surface area contributed by atoms with Crippen molar-refractivity contribution in [3.8, 4) is 0 Å². The Morgan fingerprint density at radius 3 is 2.77 bits per heavy atom. The number of aromatic nitrogens is 2. The molecule has 1 aromatic rings. The van der Waals surface area contributed by atoms with Crippen LogP contribution in [0.5, 0.6) is 0 Å². The maximum atomic E-state index is 5.43. The first kappa shape index (κ1) is 8.44. The van der Waals surface area contributed by atoms with Crippen LogP contribution >= 0.6 is 0 Å². The van der Waals surface area contributed by atoms with E-state index in [1.54, 1.807) is 12.4 Å². The first-order valence-corrected chi connectivity index (χ1v) is 4.64. The molecule has 1 heterocycles. The normalized spacial score (nSPS) is 16.9. The maximum absolute atomic E-state index is 5.43. The molecule has 0 unspecified atom stereocenters. The number of hydrogen-bond donors (Lipinski definition) is 2. The average molecular weight is 178 g/mol. The fraction of sp³-hybridized carbons (Fsp3) is 0.556. The van der Waals surface area contributed by atoms with Crippen molar-refractivity contribution in [3.63, 3.8) is 0 Å². The first-order valence-electron chi connectivity index (χ1n) is 4.64. The van der Waals surface area contributed by atoms with Crippen LogP contribution in [0.2, 0.25) is 0 Å². The van der Waals surface area contributed by atoms with E-state index in [0.29, 0.717) is 11.9 Å². The molecule has 1 fully saturated rings. The molecular weight excluding hydrogens is 164 g/mol. The molecule has 3 N–H and O–H groups in total. The fourth-order valence-corrected chi connectivity index (χ4v) is 1.32. The highest BCUT2D eigenvalue weighted by atomic mass is 15.0. The van der Waals surface area contributed by atoms with Crippen LogP contribution in [-0.2, 0) is 6.54 Å². The van der Waals surface area contributed by atoms with Crippen molar-refractivity contribution in [3.05, 3.63) is 18.1 Å². The standard InChI is InChI=1S/C9H14N4/c10-9-6-12-8(5-13-9)4-11-7-2-1-3-7/h5-7,11H,1-4H2,(H2,10,13). The number of nitrogens with one attached hydrogen (secondary N) is 1. The Labute approximate surface area is 77.6 Å². The zero-order chi connectivity index (χ0) is 9.10. The Bertz CT molecular complexity index is 265. The van der Waals surface area contributed by atoms with Gasteiger partial charge in [0.2, 0.25) is 0 Å². The maximum Gasteiger partial charge on any atom is 0.141 e. The minimum absolute atomic E-state index is 0.479. The van der Waals surface area contributed by atoms with E-state index in [4.69, 9.17) is 5.73 Å². The molecule has 0 saturated heterocycles.